The van der Waals surface area contributed by atoms with Gasteiger partial charge in [0.15, 0.2) is 17.5 Å². The molecule has 2 aliphatic rings. The molecule has 0 aliphatic carbocycles. The van der Waals surface area contributed by atoms with E-state index in [-0.39, 0.29) is 18.1 Å². The molecule has 5 nitrogen and oxygen atoms in total. The molecule has 2 fully saturated rings. The third-order valence-corrected chi connectivity index (χ3v) is 4.86. The molecule has 25 heavy (non-hydrogen) atoms. The Labute approximate surface area is 146 Å². The number of hydrogen-bond acceptors (Lipinski definition) is 5. The van der Waals surface area contributed by atoms with Crippen LogP contribution in [0.15, 0.2) is 30.7 Å². The monoisotopic (exact) mass is 354 g/mol. The topological polar surface area (TPSA) is 57.0 Å². The van der Waals surface area contributed by atoms with Crippen LogP contribution in [0.25, 0.3) is 0 Å². The summed E-state index contributed by atoms with van der Waals surface area (Å²) in [7, 11) is 0. The van der Waals surface area contributed by atoms with Crippen LogP contribution >= 0.6 is 0 Å². The summed E-state index contributed by atoms with van der Waals surface area (Å²) in [5.41, 5.74) is 0.361. The van der Waals surface area contributed by atoms with Crippen LogP contribution in [0.4, 0.5) is 8.78 Å². The number of nitrogens with two attached hydrogens (primary N) is 1. The van der Waals surface area contributed by atoms with Crippen molar-refractivity contribution in [1.82, 2.24) is 4.90 Å². The molecule has 2 heterocycles. The van der Waals surface area contributed by atoms with E-state index in [9.17, 15) is 8.78 Å². The van der Waals surface area contributed by atoms with Crippen molar-refractivity contribution in [2.24, 2.45) is 5.90 Å². The quantitative estimate of drug-likeness (QED) is 0.651. The van der Waals surface area contributed by atoms with Crippen molar-refractivity contribution in [3.8, 4) is 0 Å². The molecule has 1 aromatic rings. The van der Waals surface area contributed by atoms with Gasteiger partial charge in [0, 0.05) is 25.4 Å². The highest BCUT2D eigenvalue weighted by atomic mass is 19.2. The molecule has 0 bridgehead atoms. The Kier molecular flexibility index (Phi) is 5.88. The highest BCUT2D eigenvalue weighted by Gasteiger charge is 2.30. The van der Waals surface area contributed by atoms with Crippen LogP contribution in [0, 0.1) is 11.6 Å². The first kappa shape index (κ1) is 18.1. The van der Waals surface area contributed by atoms with E-state index in [1.54, 1.807) is 6.07 Å². The van der Waals surface area contributed by atoms with Crippen molar-refractivity contribution >= 4 is 0 Å². The predicted octanol–water partition coefficient (Wildman–Crippen LogP) is 2.68. The number of likely N-dealkylation sites (tertiary alicyclic amines) is 1. The summed E-state index contributed by atoms with van der Waals surface area (Å²) in [6, 6.07) is 4.28. The zero-order valence-electron chi connectivity index (χ0n) is 14.1. The van der Waals surface area contributed by atoms with E-state index in [1.807, 2.05) is 4.90 Å². The molecule has 2 saturated heterocycles. The maximum Gasteiger partial charge on any atom is 0.182 e. The number of hydrogen-bond donors (Lipinski definition) is 1. The Balaban J connectivity index is 1.76. The fraction of sp³-hybridized carbons (Fsp3) is 0.556. The summed E-state index contributed by atoms with van der Waals surface area (Å²) in [6.07, 6.45) is 1.84. The molecular formula is C18H24F2N2O3. The molecule has 0 saturated carbocycles. The van der Waals surface area contributed by atoms with Gasteiger partial charge in [0.1, 0.15) is 6.10 Å². The van der Waals surface area contributed by atoms with Gasteiger partial charge in [0.2, 0.25) is 0 Å². The van der Waals surface area contributed by atoms with E-state index < -0.39 is 11.6 Å². The molecule has 0 spiro atoms. The standard InChI is InChI=1S/C18H24F2N2O3/c1-12(24-15-7-8-23-11-15)22-9-13(5-6-14(10-22)25-21)16-3-2-4-17(19)18(16)20/h2-4,13-15H,1,5-11,21H2/t13-,14-,15?/m1/s1. The van der Waals surface area contributed by atoms with Gasteiger partial charge >= 0.3 is 0 Å². The van der Waals surface area contributed by atoms with E-state index in [0.717, 1.165) is 12.5 Å². The number of benzene rings is 1. The van der Waals surface area contributed by atoms with Gasteiger partial charge in [-0.05, 0) is 31.1 Å². The number of rotatable bonds is 5. The Morgan fingerprint density at radius 2 is 2.04 bits per heavy atom. The smallest absolute Gasteiger partial charge is 0.182 e. The summed E-state index contributed by atoms with van der Waals surface area (Å²) in [4.78, 5) is 6.93. The van der Waals surface area contributed by atoms with Gasteiger partial charge in [0.25, 0.3) is 0 Å². The lowest BCUT2D eigenvalue weighted by atomic mass is 9.93. The maximum absolute atomic E-state index is 14.2. The zero-order chi connectivity index (χ0) is 17.8. The molecule has 2 N–H and O–H groups in total. The lowest BCUT2D eigenvalue weighted by Crippen LogP contribution is -2.36. The normalized spacial score (nSPS) is 27.2. The highest BCUT2D eigenvalue weighted by Crippen LogP contribution is 2.31. The molecule has 2 aliphatic heterocycles. The number of ether oxygens (including phenoxy) is 2. The first-order valence-corrected chi connectivity index (χ1v) is 8.56. The van der Waals surface area contributed by atoms with Crippen LogP contribution in [0.3, 0.4) is 0 Å². The van der Waals surface area contributed by atoms with Crippen molar-refractivity contribution in [1.29, 1.82) is 0 Å². The lowest BCUT2D eigenvalue weighted by molar-refractivity contribution is 0.00227. The Morgan fingerprint density at radius 1 is 1.20 bits per heavy atom. The van der Waals surface area contributed by atoms with E-state index >= 15 is 0 Å². The SMILES string of the molecule is C=C(OC1CCOC1)N1C[C@H](ON)CC[C@@H](c2cccc(F)c2F)C1. The first-order chi connectivity index (χ1) is 12.1. The van der Waals surface area contributed by atoms with Gasteiger partial charge in [-0.15, -0.1) is 0 Å². The third-order valence-electron chi connectivity index (χ3n) is 4.86. The van der Waals surface area contributed by atoms with Gasteiger partial charge in [-0.2, -0.15) is 0 Å². The van der Waals surface area contributed by atoms with Gasteiger partial charge in [-0.25, -0.2) is 14.7 Å². The Morgan fingerprint density at radius 3 is 2.76 bits per heavy atom. The van der Waals surface area contributed by atoms with Crippen molar-refractivity contribution in [3.05, 3.63) is 47.9 Å². The third kappa shape index (κ3) is 4.29. The summed E-state index contributed by atoms with van der Waals surface area (Å²) < 4.78 is 39.0. The highest BCUT2D eigenvalue weighted by molar-refractivity contribution is 5.24. The average molecular weight is 354 g/mol. The second-order valence-electron chi connectivity index (χ2n) is 6.58. The molecular weight excluding hydrogens is 330 g/mol. The van der Waals surface area contributed by atoms with Gasteiger partial charge in [-0.1, -0.05) is 12.1 Å². The lowest BCUT2D eigenvalue weighted by Gasteiger charge is -2.30. The van der Waals surface area contributed by atoms with Gasteiger partial charge in [-0.3, -0.25) is 4.84 Å². The minimum absolute atomic E-state index is 0.0302. The molecule has 1 unspecified atom stereocenters. The van der Waals surface area contributed by atoms with Crippen LogP contribution in [0.1, 0.15) is 30.7 Å². The largest absolute Gasteiger partial charge is 0.474 e. The second-order valence-corrected chi connectivity index (χ2v) is 6.58. The summed E-state index contributed by atoms with van der Waals surface area (Å²) >= 11 is 0. The van der Waals surface area contributed by atoms with Crippen molar-refractivity contribution < 1.29 is 23.1 Å². The van der Waals surface area contributed by atoms with E-state index in [4.69, 9.17) is 20.2 Å². The molecule has 7 heteroatoms. The van der Waals surface area contributed by atoms with Crippen LogP contribution < -0.4 is 5.90 Å². The fourth-order valence-corrected chi connectivity index (χ4v) is 3.43. The maximum atomic E-state index is 14.2. The molecule has 0 aromatic heterocycles. The molecule has 3 atom stereocenters. The molecule has 3 rings (SSSR count). The van der Waals surface area contributed by atoms with E-state index in [2.05, 4.69) is 6.58 Å². The number of nitrogens with zero attached hydrogens (tertiary/aromatic N) is 1. The fourth-order valence-electron chi connectivity index (χ4n) is 3.43. The Hall–Kier alpha value is -1.70. The van der Waals surface area contributed by atoms with Crippen LogP contribution in [-0.2, 0) is 14.3 Å². The van der Waals surface area contributed by atoms with Crippen LogP contribution in [0.5, 0.6) is 0 Å². The molecule has 0 radical (unpaired) electrons. The molecule has 1 aromatic carbocycles. The van der Waals surface area contributed by atoms with Crippen LogP contribution in [-0.4, -0.2) is 43.4 Å². The van der Waals surface area contributed by atoms with Crippen molar-refractivity contribution in [2.75, 3.05) is 26.3 Å². The average Bonchev–Trinajstić information content (AvgIpc) is 3.01. The van der Waals surface area contributed by atoms with Crippen molar-refractivity contribution in [3.63, 3.8) is 0 Å². The second kappa shape index (κ2) is 8.12. The minimum atomic E-state index is -0.835. The van der Waals surface area contributed by atoms with Crippen molar-refractivity contribution in [2.45, 2.75) is 37.4 Å². The summed E-state index contributed by atoms with van der Waals surface area (Å²) in [6.45, 7) is 6.17. The summed E-state index contributed by atoms with van der Waals surface area (Å²) in [5, 5.41) is 0. The molecule has 138 valence electrons. The van der Waals surface area contributed by atoms with Gasteiger partial charge < -0.3 is 14.4 Å². The number of halogens is 2. The zero-order valence-corrected chi connectivity index (χ0v) is 14.1. The Bertz CT molecular complexity index is 608. The van der Waals surface area contributed by atoms with Gasteiger partial charge in [0.05, 0.1) is 19.3 Å². The van der Waals surface area contributed by atoms with Crippen LogP contribution in [0.2, 0.25) is 0 Å². The van der Waals surface area contributed by atoms with E-state index in [0.29, 0.717) is 50.6 Å². The summed E-state index contributed by atoms with van der Waals surface area (Å²) in [5.74, 6) is 4.04. The van der Waals surface area contributed by atoms with E-state index in [1.165, 1.54) is 6.07 Å². The predicted molar refractivity (Wildman–Crippen MR) is 88.4 cm³/mol. The minimum Gasteiger partial charge on any atom is -0.474 e. The first-order valence-electron chi connectivity index (χ1n) is 8.56. The molecule has 0 amide bonds.